The fourth-order valence-electron chi connectivity index (χ4n) is 3.08. The maximum Gasteiger partial charge on any atom is 0.113 e. The van der Waals surface area contributed by atoms with Crippen molar-refractivity contribution in [2.75, 3.05) is 0 Å². The first kappa shape index (κ1) is 9.43. The second kappa shape index (κ2) is 3.21. The van der Waals surface area contributed by atoms with Crippen LogP contribution in [0, 0.1) is 0 Å². The van der Waals surface area contributed by atoms with E-state index >= 15 is 0 Å². The molecule has 4 rings (SSSR count). The molecule has 1 heterocycles. The maximum absolute atomic E-state index is 6.03. The lowest BCUT2D eigenvalue weighted by molar-refractivity contribution is 0.301. The van der Waals surface area contributed by atoms with Crippen LogP contribution in [0.3, 0.4) is 0 Å². The van der Waals surface area contributed by atoms with E-state index in [1.54, 1.807) is 0 Å². The highest BCUT2D eigenvalue weighted by molar-refractivity contribution is 5.41. The van der Waals surface area contributed by atoms with Gasteiger partial charge in [0.15, 0.2) is 0 Å². The molecular weight excluding hydrogens is 208 g/mol. The topological polar surface area (TPSA) is 12.5 Å². The predicted octanol–water partition coefficient (Wildman–Crippen LogP) is 3.30. The van der Waals surface area contributed by atoms with Crippen LogP contribution in [0.5, 0.6) is 0 Å². The molecule has 2 aromatic rings. The average Bonchev–Trinajstić information content (AvgIpc) is 2.93. The van der Waals surface area contributed by atoms with Gasteiger partial charge < -0.3 is 4.74 Å². The van der Waals surface area contributed by atoms with Gasteiger partial charge in [-0.05, 0) is 16.7 Å². The molecule has 1 heteroatoms. The number of hydrogen-bond acceptors (Lipinski definition) is 1. The third kappa shape index (κ3) is 1.36. The summed E-state index contributed by atoms with van der Waals surface area (Å²) >= 11 is 0. The van der Waals surface area contributed by atoms with E-state index in [1.165, 1.54) is 16.7 Å². The maximum atomic E-state index is 6.03. The minimum atomic E-state index is 0.0744. The standard InChI is InChI=1S/C16H14O/c1-2-6-12(7-3-1)15-16(17-15)10-13-8-4-5-9-14(13)11-16/h1-9,15H,10-11H2. The van der Waals surface area contributed by atoms with Gasteiger partial charge in [0.1, 0.15) is 11.7 Å². The normalized spacial score (nSPS) is 23.6. The van der Waals surface area contributed by atoms with Crippen molar-refractivity contribution in [3.8, 4) is 0 Å². The molecule has 1 atom stereocenters. The quantitative estimate of drug-likeness (QED) is 0.674. The Balaban J connectivity index is 1.65. The van der Waals surface area contributed by atoms with Crippen molar-refractivity contribution in [2.45, 2.75) is 24.5 Å². The third-order valence-corrected chi connectivity index (χ3v) is 3.97. The number of ether oxygens (including phenoxy) is 1. The number of benzene rings is 2. The highest BCUT2D eigenvalue weighted by atomic mass is 16.6. The molecule has 1 saturated heterocycles. The van der Waals surface area contributed by atoms with Gasteiger partial charge in [0.2, 0.25) is 0 Å². The van der Waals surface area contributed by atoms with Crippen LogP contribution >= 0.6 is 0 Å². The second-order valence-corrected chi connectivity index (χ2v) is 5.10. The lowest BCUT2D eigenvalue weighted by atomic mass is 9.97. The van der Waals surface area contributed by atoms with Crippen molar-refractivity contribution >= 4 is 0 Å². The molecule has 84 valence electrons. The molecule has 0 aromatic heterocycles. The van der Waals surface area contributed by atoms with E-state index < -0.39 is 0 Å². The third-order valence-electron chi connectivity index (χ3n) is 3.97. The summed E-state index contributed by atoms with van der Waals surface area (Å²) in [5.74, 6) is 0. The second-order valence-electron chi connectivity index (χ2n) is 5.10. The Bertz CT molecular complexity index is 534. The van der Waals surface area contributed by atoms with E-state index in [4.69, 9.17) is 4.74 Å². The van der Waals surface area contributed by atoms with Crippen LogP contribution in [-0.2, 0) is 17.6 Å². The van der Waals surface area contributed by atoms with Crippen LogP contribution in [0.1, 0.15) is 22.8 Å². The molecule has 0 amide bonds. The van der Waals surface area contributed by atoms with Crippen LogP contribution < -0.4 is 0 Å². The molecule has 1 aliphatic heterocycles. The van der Waals surface area contributed by atoms with Crippen LogP contribution in [0.15, 0.2) is 54.6 Å². The summed E-state index contributed by atoms with van der Waals surface area (Å²) in [6.07, 6.45) is 2.45. The van der Waals surface area contributed by atoms with Gasteiger partial charge in [-0.25, -0.2) is 0 Å². The Labute approximate surface area is 101 Å². The number of epoxide rings is 1. The van der Waals surface area contributed by atoms with Gasteiger partial charge in [-0.1, -0.05) is 54.6 Å². The molecular formula is C16H14O. The minimum Gasteiger partial charge on any atom is -0.360 e. The van der Waals surface area contributed by atoms with E-state index in [9.17, 15) is 0 Å². The van der Waals surface area contributed by atoms with Gasteiger partial charge in [-0.2, -0.15) is 0 Å². The molecule has 0 N–H and O–H groups in total. The molecule has 2 aliphatic rings. The Morgan fingerprint density at radius 1 is 0.824 bits per heavy atom. The Morgan fingerprint density at radius 3 is 2.06 bits per heavy atom. The predicted molar refractivity (Wildman–Crippen MR) is 66.8 cm³/mol. The van der Waals surface area contributed by atoms with Crippen LogP contribution in [0.4, 0.5) is 0 Å². The largest absolute Gasteiger partial charge is 0.360 e. The molecule has 0 radical (unpaired) electrons. The van der Waals surface area contributed by atoms with Crippen molar-refractivity contribution in [1.29, 1.82) is 0 Å². The van der Waals surface area contributed by atoms with E-state index in [2.05, 4.69) is 54.6 Å². The van der Waals surface area contributed by atoms with Gasteiger partial charge in [0.05, 0.1) is 0 Å². The van der Waals surface area contributed by atoms with E-state index in [0.717, 1.165) is 12.8 Å². The van der Waals surface area contributed by atoms with Gasteiger partial charge in [0.25, 0.3) is 0 Å². The Morgan fingerprint density at radius 2 is 1.41 bits per heavy atom. The van der Waals surface area contributed by atoms with Crippen LogP contribution in [0.2, 0.25) is 0 Å². The number of hydrogen-bond donors (Lipinski definition) is 0. The van der Waals surface area contributed by atoms with Crippen LogP contribution in [0.25, 0.3) is 0 Å². The molecule has 0 bridgehead atoms. The Kier molecular flexibility index (Phi) is 1.78. The fourth-order valence-corrected chi connectivity index (χ4v) is 3.08. The lowest BCUT2D eigenvalue weighted by Crippen LogP contribution is -2.11. The highest BCUT2D eigenvalue weighted by Gasteiger charge is 2.59. The highest BCUT2D eigenvalue weighted by Crippen LogP contribution is 2.56. The molecule has 17 heavy (non-hydrogen) atoms. The van der Waals surface area contributed by atoms with Gasteiger partial charge in [0, 0.05) is 12.8 Å². The summed E-state index contributed by atoms with van der Waals surface area (Å²) in [7, 11) is 0. The Hall–Kier alpha value is -1.60. The van der Waals surface area contributed by atoms with Crippen LogP contribution in [-0.4, -0.2) is 5.60 Å². The van der Waals surface area contributed by atoms with Crippen molar-refractivity contribution in [3.05, 3.63) is 71.3 Å². The van der Waals surface area contributed by atoms with Crippen molar-refractivity contribution in [1.82, 2.24) is 0 Å². The van der Waals surface area contributed by atoms with Gasteiger partial charge in [-0.3, -0.25) is 0 Å². The molecule has 1 nitrogen and oxygen atoms in total. The molecule has 0 saturated carbocycles. The summed E-state index contributed by atoms with van der Waals surface area (Å²) in [4.78, 5) is 0. The fraction of sp³-hybridized carbons (Fsp3) is 0.250. The SMILES string of the molecule is c1ccc(C2OC23Cc2ccccc2C3)cc1. The smallest absolute Gasteiger partial charge is 0.113 e. The first-order valence-electron chi connectivity index (χ1n) is 6.17. The summed E-state index contributed by atoms with van der Waals surface area (Å²) in [6.45, 7) is 0. The zero-order chi connectivity index (χ0) is 11.3. The summed E-state index contributed by atoms with van der Waals surface area (Å²) in [5, 5.41) is 0. The average molecular weight is 222 g/mol. The minimum absolute atomic E-state index is 0.0744. The molecule has 2 aromatic carbocycles. The first-order valence-corrected chi connectivity index (χ1v) is 6.17. The van der Waals surface area contributed by atoms with Gasteiger partial charge >= 0.3 is 0 Å². The zero-order valence-electron chi connectivity index (χ0n) is 9.60. The van der Waals surface area contributed by atoms with E-state index in [1.807, 2.05) is 0 Å². The summed E-state index contributed by atoms with van der Waals surface area (Å²) in [5.41, 5.74) is 4.32. The first-order chi connectivity index (χ1) is 8.37. The van der Waals surface area contributed by atoms with Crippen molar-refractivity contribution < 1.29 is 4.74 Å². The van der Waals surface area contributed by atoms with Crippen molar-refractivity contribution in [2.24, 2.45) is 0 Å². The summed E-state index contributed by atoms with van der Waals surface area (Å²) in [6, 6.07) is 19.3. The molecule has 1 aliphatic carbocycles. The molecule has 1 fully saturated rings. The van der Waals surface area contributed by atoms with Gasteiger partial charge in [-0.15, -0.1) is 0 Å². The molecule has 1 spiro atoms. The zero-order valence-corrected chi connectivity index (χ0v) is 9.60. The molecule has 1 unspecified atom stereocenters. The monoisotopic (exact) mass is 222 g/mol. The number of rotatable bonds is 1. The van der Waals surface area contributed by atoms with Crippen molar-refractivity contribution in [3.63, 3.8) is 0 Å². The van der Waals surface area contributed by atoms with E-state index in [0.29, 0.717) is 6.10 Å². The number of fused-ring (bicyclic) bond motifs is 1. The summed E-state index contributed by atoms with van der Waals surface area (Å²) < 4.78 is 6.03. The lowest BCUT2D eigenvalue weighted by Gasteiger charge is -2.01. The van der Waals surface area contributed by atoms with E-state index in [-0.39, 0.29) is 5.60 Å².